The molecule has 0 aliphatic heterocycles. The summed E-state index contributed by atoms with van der Waals surface area (Å²) in [4.78, 5) is 22.3. The molecule has 15 heavy (non-hydrogen) atoms. The summed E-state index contributed by atoms with van der Waals surface area (Å²) in [5.74, 6) is -0.149. The molecule has 0 aromatic heterocycles. The molecule has 1 atom stereocenters. The van der Waals surface area contributed by atoms with Gasteiger partial charge in [0.2, 0.25) is 5.91 Å². The number of Topliss-reactive ketones (excluding diaryl/α,β-unsaturated/α-hetero) is 1. The molecule has 0 unspecified atom stereocenters. The van der Waals surface area contributed by atoms with E-state index in [2.05, 4.69) is 17.9 Å². The van der Waals surface area contributed by atoms with E-state index >= 15 is 0 Å². The fourth-order valence-electron chi connectivity index (χ4n) is 1.03. The maximum Gasteiger partial charge on any atom is 0.236 e. The van der Waals surface area contributed by atoms with Crippen molar-refractivity contribution in [3.05, 3.63) is 29.8 Å². The average molecular weight is 223 g/mol. The second kappa shape index (κ2) is 4.98. The van der Waals surface area contributed by atoms with Crippen molar-refractivity contribution in [1.82, 2.24) is 0 Å². The van der Waals surface area contributed by atoms with E-state index in [1.165, 1.54) is 6.92 Å². The molecule has 0 saturated carbocycles. The van der Waals surface area contributed by atoms with E-state index in [1.54, 1.807) is 31.2 Å². The summed E-state index contributed by atoms with van der Waals surface area (Å²) >= 11 is 4.01. The van der Waals surface area contributed by atoms with Crippen LogP contribution in [-0.4, -0.2) is 16.9 Å². The summed E-state index contributed by atoms with van der Waals surface area (Å²) in [5.41, 5.74) is 1.30. The zero-order chi connectivity index (χ0) is 11.4. The van der Waals surface area contributed by atoms with Crippen molar-refractivity contribution < 1.29 is 9.59 Å². The minimum atomic E-state index is -0.350. The molecule has 0 aliphatic rings. The molecule has 0 radical (unpaired) electrons. The number of rotatable bonds is 3. The molecular weight excluding hydrogens is 210 g/mol. The van der Waals surface area contributed by atoms with Crippen LogP contribution in [-0.2, 0) is 4.79 Å². The standard InChI is InChI=1S/C11H13NO2S/c1-7(13)9-3-5-10(6-4-9)12-11(14)8(2)15/h3-6,8,15H,1-2H3,(H,12,14)/t8-/m0/s1. The molecule has 1 N–H and O–H groups in total. The Morgan fingerprint density at radius 3 is 2.20 bits per heavy atom. The van der Waals surface area contributed by atoms with Gasteiger partial charge < -0.3 is 5.32 Å². The van der Waals surface area contributed by atoms with Gasteiger partial charge in [-0.05, 0) is 38.1 Å². The summed E-state index contributed by atoms with van der Waals surface area (Å²) in [6.45, 7) is 3.20. The Labute approximate surface area is 94.3 Å². The van der Waals surface area contributed by atoms with E-state index in [-0.39, 0.29) is 16.9 Å². The Morgan fingerprint density at radius 1 is 1.27 bits per heavy atom. The Hall–Kier alpha value is -1.29. The molecule has 0 bridgehead atoms. The summed E-state index contributed by atoms with van der Waals surface area (Å²) in [5, 5.41) is 2.33. The molecular formula is C11H13NO2S. The molecule has 0 heterocycles. The molecule has 0 saturated heterocycles. The number of benzene rings is 1. The van der Waals surface area contributed by atoms with Crippen molar-refractivity contribution in [1.29, 1.82) is 0 Å². The molecule has 1 amide bonds. The Morgan fingerprint density at radius 2 is 1.80 bits per heavy atom. The summed E-state index contributed by atoms with van der Waals surface area (Å²) in [7, 11) is 0. The van der Waals surface area contributed by atoms with E-state index in [0.717, 1.165) is 0 Å². The number of nitrogens with one attached hydrogen (secondary N) is 1. The highest BCUT2D eigenvalue weighted by atomic mass is 32.1. The van der Waals surface area contributed by atoms with Gasteiger partial charge in [-0.25, -0.2) is 0 Å². The first kappa shape index (κ1) is 11.8. The van der Waals surface area contributed by atoms with Crippen LogP contribution in [0.15, 0.2) is 24.3 Å². The molecule has 1 aromatic rings. The predicted octanol–water partition coefficient (Wildman–Crippen LogP) is 2.15. The van der Waals surface area contributed by atoms with Gasteiger partial charge in [0.25, 0.3) is 0 Å². The van der Waals surface area contributed by atoms with Crippen LogP contribution >= 0.6 is 12.6 Å². The lowest BCUT2D eigenvalue weighted by Crippen LogP contribution is -2.20. The lowest BCUT2D eigenvalue weighted by molar-refractivity contribution is -0.115. The number of ketones is 1. The van der Waals surface area contributed by atoms with Gasteiger partial charge in [-0.15, -0.1) is 0 Å². The zero-order valence-corrected chi connectivity index (χ0v) is 9.54. The monoisotopic (exact) mass is 223 g/mol. The second-order valence-corrected chi connectivity index (χ2v) is 4.07. The molecule has 1 aromatic carbocycles. The molecule has 1 rings (SSSR count). The summed E-state index contributed by atoms with van der Waals surface area (Å²) < 4.78 is 0. The minimum absolute atomic E-state index is 0.00967. The minimum Gasteiger partial charge on any atom is -0.325 e. The molecule has 0 spiro atoms. The molecule has 3 nitrogen and oxygen atoms in total. The van der Waals surface area contributed by atoms with Gasteiger partial charge >= 0.3 is 0 Å². The van der Waals surface area contributed by atoms with Crippen molar-refractivity contribution in [3.8, 4) is 0 Å². The number of hydrogen-bond donors (Lipinski definition) is 2. The van der Waals surface area contributed by atoms with E-state index in [9.17, 15) is 9.59 Å². The fourth-order valence-corrected chi connectivity index (χ4v) is 1.10. The van der Waals surface area contributed by atoms with E-state index in [1.807, 2.05) is 0 Å². The van der Waals surface area contributed by atoms with Gasteiger partial charge in [0.15, 0.2) is 5.78 Å². The first-order valence-electron chi connectivity index (χ1n) is 4.60. The Kier molecular flexibility index (Phi) is 3.91. The van der Waals surface area contributed by atoms with Crippen LogP contribution in [0.25, 0.3) is 0 Å². The van der Waals surface area contributed by atoms with Crippen molar-refractivity contribution in [2.45, 2.75) is 19.1 Å². The van der Waals surface area contributed by atoms with Crippen LogP contribution in [0.4, 0.5) is 5.69 Å². The van der Waals surface area contributed by atoms with Crippen LogP contribution in [0, 0.1) is 0 Å². The fraction of sp³-hybridized carbons (Fsp3) is 0.273. The van der Waals surface area contributed by atoms with Crippen LogP contribution in [0.1, 0.15) is 24.2 Å². The van der Waals surface area contributed by atoms with Crippen LogP contribution in [0.5, 0.6) is 0 Å². The normalized spacial score (nSPS) is 11.9. The summed E-state index contributed by atoms with van der Waals surface area (Å²) in [6.07, 6.45) is 0. The Balaban J connectivity index is 2.73. The number of thiol groups is 1. The maximum absolute atomic E-state index is 11.3. The average Bonchev–Trinajstić information content (AvgIpc) is 2.18. The zero-order valence-electron chi connectivity index (χ0n) is 8.65. The van der Waals surface area contributed by atoms with Crippen molar-refractivity contribution in [3.63, 3.8) is 0 Å². The van der Waals surface area contributed by atoms with Gasteiger partial charge in [0.05, 0.1) is 5.25 Å². The third-order valence-corrected chi connectivity index (χ3v) is 2.17. The first-order valence-corrected chi connectivity index (χ1v) is 5.12. The van der Waals surface area contributed by atoms with Gasteiger partial charge in [-0.2, -0.15) is 12.6 Å². The van der Waals surface area contributed by atoms with Gasteiger partial charge in [0, 0.05) is 11.3 Å². The quantitative estimate of drug-likeness (QED) is 0.609. The molecule has 0 aliphatic carbocycles. The summed E-state index contributed by atoms with van der Waals surface area (Å²) in [6, 6.07) is 6.76. The van der Waals surface area contributed by atoms with E-state index in [0.29, 0.717) is 11.3 Å². The van der Waals surface area contributed by atoms with Crippen molar-refractivity contribution in [2.24, 2.45) is 0 Å². The number of hydrogen-bond acceptors (Lipinski definition) is 3. The highest BCUT2D eigenvalue weighted by Gasteiger charge is 2.07. The highest BCUT2D eigenvalue weighted by molar-refractivity contribution is 7.81. The van der Waals surface area contributed by atoms with Crippen LogP contribution in [0.2, 0.25) is 0 Å². The molecule has 4 heteroatoms. The predicted molar refractivity (Wildman–Crippen MR) is 63.5 cm³/mol. The number of carbonyl (C=O) groups excluding carboxylic acids is 2. The highest BCUT2D eigenvalue weighted by Crippen LogP contribution is 2.11. The largest absolute Gasteiger partial charge is 0.325 e. The van der Waals surface area contributed by atoms with Gasteiger partial charge in [-0.1, -0.05) is 0 Å². The van der Waals surface area contributed by atoms with Crippen LogP contribution < -0.4 is 5.32 Å². The lowest BCUT2D eigenvalue weighted by atomic mass is 10.1. The van der Waals surface area contributed by atoms with E-state index in [4.69, 9.17) is 0 Å². The molecule has 0 fully saturated rings. The first-order chi connectivity index (χ1) is 7.00. The lowest BCUT2D eigenvalue weighted by Gasteiger charge is -2.07. The number of amides is 1. The third kappa shape index (κ3) is 3.40. The number of anilines is 1. The van der Waals surface area contributed by atoms with Gasteiger partial charge in [-0.3, -0.25) is 9.59 Å². The smallest absolute Gasteiger partial charge is 0.236 e. The van der Waals surface area contributed by atoms with Crippen molar-refractivity contribution >= 4 is 30.0 Å². The van der Waals surface area contributed by atoms with E-state index < -0.39 is 0 Å². The third-order valence-electron chi connectivity index (χ3n) is 1.94. The number of carbonyl (C=O) groups is 2. The topological polar surface area (TPSA) is 46.2 Å². The maximum atomic E-state index is 11.3. The van der Waals surface area contributed by atoms with Crippen LogP contribution in [0.3, 0.4) is 0 Å². The van der Waals surface area contributed by atoms with Crippen molar-refractivity contribution in [2.75, 3.05) is 5.32 Å². The van der Waals surface area contributed by atoms with Gasteiger partial charge in [0.1, 0.15) is 0 Å². The SMILES string of the molecule is CC(=O)c1ccc(NC(=O)[C@H](C)S)cc1. The molecule has 80 valence electrons. The second-order valence-electron chi connectivity index (χ2n) is 3.30. The Bertz CT molecular complexity index is 371.